The Morgan fingerprint density at radius 2 is 1.08 bits per heavy atom. The summed E-state index contributed by atoms with van der Waals surface area (Å²) in [5.74, 6) is 0.357. The van der Waals surface area contributed by atoms with Crippen molar-refractivity contribution in [2.75, 3.05) is 6.61 Å². The van der Waals surface area contributed by atoms with Gasteiger partial charge in [0.1, 0.15) is 5.78 Å². The average Bonchev–Trinajstić information content (AvgIpc) is 2.86. The maximum absolute atomic E-state index is 12.3. The lowest BCUT2D eigenvalue weighted by Gasteiger charge is -2.33. The predicted octanol–water partition coefficient (Wildman–Crippen LogP) is 11.9. The number of carbonyl (C=O) groups is 1. The summed E-state index contributed by atoms with van der Waals surface area (Å²) in [5, 5.41) is -0.405. The van der Waals surface area contributed by atoms with Gasteiger partial charge in [-0.15, -0.1) is 0 Å². The van der Waals surface area contributed by atoms with Gasteiger partial charge >= 0.3 is 0 Å². The molecule has 0 rings (SSSR count). The molecule has 0 aliphatic carbocycles. The number of rotatable bonds is 23. The molecule has 0 aromatic heterocycles. The van der Waals surface area contributed by atoms with Gasteiger partial charge in [0.05, 0.1) is 14.0 Å². The van der Waals surface area contributed by atoms with Crippen molar-refractivity contribution in [3.8, 4) is 0 Å². The third-order valence-electron chi connectivity index (χ3n) is 6.11. The summed E-state index contributed by atoms with van der Waals surface area (Å²) in [7, 11) is -2.80. The predicted molar refractivity (Wildman–Crippen MR) is 176 cm³/mol. The van der Waals surface area contributed by atoms with Crippen LogP contribution in [0, 0.1) is 6.66 Å². The molecule has 0 aliphatic heterocycles. The van der Waals surface area contributed by atoms with E-state index in [1.807, 2.05) is 20.8 Å². The highest BCUT2D eigenvalue weighted by Gasteiger charge is 2.25. The minimum atomic E-state index is -2.80. The Morgan fingerprint density at radius 3 is 1.54 bits per heavy atom. The lowest BCUT2D eigenvalue weighted by atomic mass is 10.1. The molecule has 3 nitrogen and oxygen atoms in total. The number of Topliss-reactive ketones (excluding diaryl/α,β-unsaturated/α-hetero) is 1. The molecule has 0 aromatic carbocycles. The number of hydrogen-bond donors (Lipinski definition) is 0. The molecular formula is C35H60O3P-. The smallest absolute Gasteiger partial charge is 0.133 e. The van der Waals surface area contributed by atoms with Gasteiger partial charge in [-0.25, -0.2) is 0 Å². The first-order valence-corrected chi connectivity index (χ1v) is 16.5. The van der Waals surface area contributed by atoms with E-state index < -0.39 is 12.5 Å². The van der Waals surface area contributed by atoms with Crippen molar-refractivity contribution in [2.24, 2.45) is 0 Å². The SMILES string of the molecule is C.[CH2-]P(=O)(OCCCCCCCC(=O)CC/C=C\C/C=C\C/C=C\C/C=C\C/C=C\C/C=C\CC)C(C)(C)C. The fourth-order valence-electron chi connectivity index (χ4n) is 3.37. The Hall–Kier alpha value is -1.70. The second-order valence-electron chi connectivity index (χ2n) is 10.7. The van der Waals surface area contributed by atoms with Crippen molar-refractivity contribution >= 4 is 13.2 Å². The Bertz CT molecular complexity index is 806. The Balaban J connectivity index is 0. The molecule has 1 unspecified atom stereocenters. The van der Waals surface area contributed by atoms with Gasteiger partial charge in [0, 0.05) is 18.0 Å². The summed E-state index contributed by atoms with van der Waals surface area (Å²) in [6, 6.07) is 0. The molecular weight excluding hydrogens is 499 g/mol. The molecule has 0 heterocycles. The molecule has 0 bridgehead atoms. The van der Waals surface area contributed by atoms with Crippen molar-refractivity contribution in [3.05, 3.63) is 79.6 Å². The van der Waals surface area contributed by atoms with Crippen LogP contribution in [0.25, 0.3) is 0 Å². The number of unbranched alkanes of at least 4 members (excludes halogenated alkanes) is 4. The van der Waals surface area contributed by atoms with Crippen LogP contribution in [0.3, 0.4) is 0 Å². The van der Waals surface area contributed by atoms with Crippen molar-refractivity contribution in [1.82, 2.24) is 0 Å². The molecule has 0 spiro atoms. The lowest BCUT2D eigenvalue weighted by molar-refractivity contribution is -0.119. The summed E-state index contributed by atoms with van der Waals surface area (Å²) in [6.45, 7) is 12.1. The minimum absolute atomic E-state index is 0. The van der Waals surface area contributed by atoms with Gasteiger partial charge < -0.3 is 9.09 Å². The van der Waals surface area contributed by atoms with E-state index in [0.29, 0.717) is 25.2 Å². The van der Waals surface area contributed by atoms with Crippen LogP contribution in [0.15, 0.2) is 72.9 Å². The van der Waals surface area contributed by atoms with E-state index in [-0.39, 0.29) is 7.43 Å². The molecule has 0 fully saturated rings. The van der Waals surface area contributed by atoms with Crippen molar-refractivity contribution < 1.29 is 13.9 Å². The maximum atomic E-state index is 12.3. The topological polar surface area (TPSA) is 43.4 Å². The van der Waals surface area contributed by atoms with Gasteiger partial charge in [-0.05, 0) is 57.8 Å². The zero-order valence-electron chi connectivity index (χ0n) is 24.9. The molecule has 0 saturated heterocycles. The van der Waals surface area contributed by atoms with Crippen LogP contribution in [0.5, 0.6) is 0 Å². The molecule has 39 heavy (non-hydrogen) atoms. The third-order valence-corrected chi connectivity index (χ3v) is 8.75. The Labute approximate surface area is 243 Å². The van der Waals surface area contributed by atoms with Crippen molar-refractivity contribution in [3.63, 3.8) is 0 Å². The van der Waals surface area contributed by atoms with E-state index in [1.54, 1.807) is 0 Å². The Kier molecular flexibility index (Phi) is 26.8. The summed E-state index contributed by atoms with van der Waals surface area (Å²) in [6.07, 6.45) is 39.5. The standard InChI is InChI=1S/C34H56O3P.CH4/c1-6-7-8-9-10-11-12-13-14-15-16-17-18-19-20-21-22-24-27-30-33(35)31-28-25-23-26-29-32-37-38(5,36)34(2,3)4;/h7-8,10-11,13-14,16-17,19-20,22,24H,5-6,9,12,15,18,21,23,25-32H2,1-4H3;1H4/q-1;/b8-7-,11-10-,14-13-,17-16-,20-19-,24-22-;. The van der Waals surface area contributed by atoms with Gasteiger partial charge in [0.25, 0.3) is 0 Å². The quantitative estimate of drug-likeness (QED) is 0.0541. The van der Waals surface area contributed by atoms with Crippen LogP contribution in [-0.4, -0.2) is 17.5 Å². The second kappa shape index (κ2) is 26.5. The van der Waals surface area contributed by atoms with Crippen LogP contribution in [0.4, 0.5) is 0 Å². The largest absolute Gasteiger partial charge is 0.352 e. The highest BCUT2D eigenvalue weighted by Crippen LogP contribution is 2.57. The number of carbonyl (C=O) groups excluding carboxylic acids is 1. The first-order valence-electron chi connectivity index (χ1n) is 14.7. The normalized spacial score (nSPS) is 14.5. The summed E-state index contributed by atoms with van der Waals surface area (Å²) >= 11 is 0. The zero-order chi connectivity index (χ0) is 28.4. The summed E-state index contributed by atoms with van der Waals surface area (Å²) in [5.41, 5.74) is 0. The van der Waals surface area contributed by atoms with Crippen molar-refractivity contribution in [2.45, 2.75) is 130 Å². The molecule has 224 valence electrons. The van der Waals surface area contributed by atoms with Gasteiger partial charge in [0.15, 0.2) is 0 Å². The highest BCUT2D eigenvalue weighted by molar-refractivity contribution is 7.61. The van der Waals surface area contributed by atoms with Gasteiger partial charge in [0.2, 0.25) is 0 Å². The van der Waals surface area contributed by atoms with E-state index in [1.165, 1.54) is 0 Å². The fourth-order valence-corrected chi connectivity index (χ4v) is 4.18. The molecule has 0 amide bonds. The Morgan fingerprint density at radius 1 is 0.667 bits per heavy atom. The van der Waals surface area contributed by atoms with Gasteiger partial charge in [-0.3, -0.25) is 11.5 Å². The molecule has 0 aromatic rings. The van der Waals surface area contributed by atoms with Crippen LogP contribution < -0.4 is 0 Å². The van der Waals surface area contributed by atoms with E-state index in [0.717, 1.165) is 77.0 Å². The van der Waals surface area contributed by atoms with Crippen LogP contribution >= 0.6 is 7.37 Å². The zero-order valence-corrected chi connectivity index (χ0v) is 25.8. The van der Waals surface area contributed by atoms with Crippen LogP contribution in [-0.2, 0) is 13.9 Å². The van der Waals surface area contributed by atoms with E-state index in [9.17, 15) is 9.36 Å². The number of allylic oxidation sites excluding steroid dienone is 12. The van der Waals surface area contributed by atoms with E-state index >= 15 is 0 Å². The molecule has 4 heteroatoms. The van der Waals surface area contributed by atoms with Crippen LogP contribution in [0.2, 0.25) is 0 Å². The number of ketones is 1. The maximum Gasteiger partial charge on any atom is 0.133 e. The van der Waals surface area contributed by atoms with Crippen molar-refractivity contribution in [1.29, 1.82) is 0 Å². The molecule has 1 atom stereocenters. The lowest BCUT2D eigenvalue weighted by Crippen LogP contribution is -2.15. The molecule has 0 saturated carbocycles. The average molecular weight is 560 g/mol. The minimum Gasteiger partial charge on any atom is -0.352 e. The highest BCUT2D eigenvalue weighted by atomic mass is 31.2. The number of hydrogen-bond acceptors (Lipinski definition) is 3. The first-order chi connectivity index (χ1) is 18.2. The first kappa shape index (κ1) is 39.4. The molecule has 0 radical (unpaired) electrons. The van der Waals surface area contributed by atoms with E-state index in [4.69, 9.17) is 4.52 Å². The second-order valence-corrected chi connectivity index (χ2v) is 13.6. The molecule has 0 N–H and O–H groups in total. The van der Waals surface area contributed by atoms with Gasteiger partial charge in [-0.1, -0.05) is 127 Å². The monoisotopic (exact) mass is 559 g/mol. The fraction of sp³-hybridized carbons (Fsp3) is 0.600. The summed E-state index contributed by atoms with van der Waals surface area (Å²) < 4.78 is 17.9. The molecule has 0 aliphatic rings. The summed E-state index contributed by atoms with van der Waals surface area (Å²) in [4.78, 5) is 12.0. The van der Waals surface area contributed by atoms with Gasteiger partial charge in [-0.2, -0.15) is 0 Å². The van der Waals surface area contributed by atoms with E-state index in [2.05, 4.69) is 86.5 Å². The third kappa shape index (κ3) is 26.3. The van der Waals surface area contributed by atoms with Crippen LogP contribution in [0.1, 0.15) is 125 Å².